The molecule has 0 amide bonds. The van der Waals surface area contributed by atoms with Gasteiger partial charge in [-0.3, -0.25) is 4.90 Å². The largest absolute Gasteiger partial charge is 0.308 e. The second kappa shape index (κ2) is 4.46. The molecule has 108 valence electrons. The molecule has 0 unspecified atom stereocenters. The Hall–Kier alpha value is -0.0800. The molecule has 2 heteroatoms. The standard InChI is InChI=1S/C17H30N2/c1-18(2)12-16-4-3-5-19(16)17-9-13-6-14(10-17)8-15(7-13)11-17/h13-16H,3-12H2,1-2H3/t13?,14?,15?,16-,17?/m1/s1. The van der Waals surface area contributed by atoms with Gasteiger partial charge in [0.05, 0.1) is 0 Å². The molecule has 0 aromatic carbocycles. The molecule has 1 heterocycles. The summed E-state index contributed by atoms with van der Waals surface area (Å²) in [4.78, 5) is 5.40. The first kappa shape index (κ1) is 12.6. The number of nitrogens with zero attached hydrogens (tertiary/aromatic N) is 2. The maximum absolute atomic E-state index is 3.00. The maximum atomic E-state index is 3.00. The molecule has 1 atom stereocenters. The van der Waals surface area contributed by atoms with Gasteiger partial charge in [0.25, 0.3) is 0 Å². The van der Waals surface area contributed by atoms with Crippen LogP contribution in [0.15, 0.2) is 0 Å². The van der Waals surface area contributed by atoms with Gasteiger partial charge in [-0.05, 0) is 89.8 Å². The maximum Gasteiger partial charge on any atom is 0.0228 e. The van der Waals surface area contributed by atoms with Gasteiger partial charge in [-0.2, -0.15) is 0 Å². The lowest BCUT2D eigenvalue weighted by atomic mass is 9.52. The SMILES string of the molecule is CN(C)C[C@H]1CCCN1C12CC3CC(CC(C3)C1)C2. The Kier molecular flexibility index (Phi) is 2.97. The van der Waals surface area contributed by atoms with E-state index in [1.165, 1.54) is 25.9 Å². The number of rotatable bonds is 3. The predicted octanol–water partition coefficient (Wildman–Crippen LogP) is 2.98. The predicted molar refractivity (Wildman–Crippen MR) is 79.2 cm³/mol. The average molecular weight is 262 g/mol. The smallest absolute Gasteiger partial charge is 0.0228 e. The van der Waals surface area contributed by atoms with E-state index in [0.717, 1.165) is 23.8 Å². The second-order valence-corrected chi connectivity index (χ2v) is 8.39. The summed E-state index contributed by atoms with van der Waals surface area (Å²) in [6.07, 6.45) is 12.2. The van der Waals surface area contributed by atoms with Crippen LogP contribution in [0.2, 0.25) is 0 Å². The second-order valence-electron chi connectivity index (χ2n) is 8.39. The van der Waals surface area contributed by atoms with Crippen LogP contribution in [-0.2, 0) is 0 Å². The molecule has 0 N–H and O–H groups in total. The van der Waals surface area contributed by atoms with Gasteiger partial charge in [0, 0.05) is 18.1 Å². The van der Waals surface area contributed by atoms with Crippen LogP contribution in [0.25, 0.3) is 0 Å². The first-order valence-electron chi connectivity index (χ1n) is 8.56. The minimum Gasteiger partial charge on any atom is -0.308 e. The Labute approximate surface area is 118 Å². The highest BCUT2D eigenvalue weighted by molar-refractivity contribution is 5.09. The molecule has 5 fully saturated rings. The highest BCUT2D eigenvalue weighted by Gasteiger charge is 2.55. The molecule has 19 heavy (non-hydrogen) atoms. The van der Waals surface area contributed by atoms with Crippen molar-refractivity contribution in [2.24, 2.45) is 17.8 Å². The summed E-state index contributed by atoms with van der Waals surface area (Å²) in [6, 6.07) is 0.853. The lowest BCUT2D eigenvalue weighted by molar-refractivity contribution is -0.0954. The monoisotopic (exact) mass is 262 g/mol. The van der Waals surface area contributed by atoms with Gasteiger partial charge in [-0.1, -0.05) is 0 Å². The van der Waals surface area contributed by atoms with Gasteiger partial charge in [-0.15, -0.1) is 0 Å². The normalized spacial score (nSPS) is 49.4. The summed E-state index contributed by atoms with van der Waals surface area (Å²) < 4.78 is 0. The minimum absolute atomic E-state index is 0.645. The first-order chi connectivity index (χ1) is 9.14. The van der Waals surface area contributed by atoms with E-state index >= 15 is 0 Å². The number of likely N-dealkylation sites (tertiary alicyclic amines) is 1. The molecule has 5 aliphatic rings. The fraction of sp³-hybridized carbons (Fsp3) is 1.00. The van der Waals surface area contributed by atoms with Crippen molar-refractivity contribution in [2.75, 3.05) is 27.2 Å². The minimum atomic E-state index is 0.645. The van der Waals surface area contributed by atoms with Crippen molar-refractivity contribution < 1.29 is 0 Å². The van der Waals surface area contributed by atoms with Crippen molar-refractivity contribution in [1.29, 1.82) is 0 Å². The van der Waals surface area contributed by atoms with Gasteiger partial charge < -0.3 is 4.90 Å². The van der Waals surface area contributed by atoms with Gasteiger partial charge in [0.15, 0.2) is 0 Å². The zero-order chi connectivity index (χ0) is 13.0. The average Bonchev–Trinajstić information content (AvgIpc) is 2.74. The van der Waals surface area contributed by atoms with Crippen molar-refractivity contribution in [3.05, 3.63) is 0 Å². The third kappa shape index (κ3) is 2.06. The lowest BCUT2D eigenvalue weighted by Crippen LogP contribution is -2.62. The molecule has 2 nitrogen and oxygen atoms in total. The Morgan fingerprint density at radius 2 is 1.58 bits per heavy atom. The fourth-order valence-electron chi connectivity index (χ4n) is 6.49. The van der Waals surface area contributed by atoms with Crippen molar-refractivity contribution in [3.63, 3.8) is 0 Å². The van der Waals surface area contributed by atoms with Crippen LogP contribution in [-0.4, -0.2) is 48.6 Å². The van der Waals surface area contributed by atoms with Crippen molar-refractivity contribution in [3.8, 4) is 0 Å². The number of likely N-dealkylation sites (N-methyl/N-ethyl adjacent to an activating group) is 1. The molecule has 4 aliphatic carbocycles. The van der Waals surface area contributed by atoms with Gasteiger partial charge >= 0.3 is 0 Å². The Morgan fingerprint density at radius 1 is 1.00 bits per heavy atom. The van der Waals surface area contributed by atoms with Crippen LogP contribution in [0.5, 0.6) is 0 Å². The van der Waals surface area contributed by atoms with Gasteiger partial charge in [-0.25, -0.2) is 0 Å². The van der Waals surface area contributed by atoms with Crippen LogP contribution < -0.4 is 0 Å². The van der Waals surface area contributed by atoms with Crippen LogP contribution in [0.3, 0.4) is 0 Å². The molecule has 0 aromatic heterocycles. The van der Waals surface area contributed by atoms with E-state index in [-0.39, 0.29) is 0 Å². The van der Waals surface area contributed by atoms with Crippen LogP contribution in [0, 0.1) is 17.8 Å². The fourth-order valence-corrected chi connectivity index (χ4v) is 6.49. The summed E-state index contributed by atoms with van der Waals surface area (Å²) in [6.45, 7) is 2.67. The van der Waals surface area contributed by atoms with Crippen molar-refractivity contribution in [2.45, 2.75) is 62.9 Å². The molecule has 1 aliphatic heterocycles. The quantitative estimate of drug-likeness (QED) is 0.771. The Bertz CT molecular complexity index is 314. The Balaban J connectivity index is 1.57. The van der Waals surface area contributed by atoms with E-state index in [1.807, 2.05) is 0 Å². The van der Waals surface area contributed by atoms with E-state index in [1.54, 1.807) is 38.5 Å². The summed E-state index contributed by atoms with van der Waals surface area (Å²) in [5, 5.41) is 0. The van der Waals surface area contributed by atoms with Gasteiger partial charge in [0.2, 0.25) is 0 Å². The van der Waals surface area contributed by atoms with E-state index < -0.39 is 0 Å². The number of hydrogen-bond donors (Lipinski definition) is 0. The number of hydrogen-bond acceptors (Lipinski definition) is 2. The zero-order valence-corrected chi connectivity index (χ0v) is 12.8. The van der Waals surface area contributed by atoms with Crippen molar-refractivity contribution in [1.82, 2.24) is 9.80 Å². The molecule has 5 rings (SSSR count). The highest BCUT2D eigenvalue weighted by atomic mass is 15.3. The van der Waals surface area contributed by atoms with E-state index in [0.29, 0.717) is 5.54 Å². The molecule has 0 aromatic rings. The summed E-state index contributed by atoms with van der Waals surface area (Å²) in [5.74, 6) is 3.27. The first-order valence-corrected chi connectivity index (χ1v) is 8.56. The summed E-state index contributed by atoms with van der Waals surface area (Å²) in [7, 11) is 4.49. The molecular weight excluding hydrogens is 232 g/mol. The lowest BCUT2D eigenvalue weighted by Gasteiger charge is -2.61. The topological polar surface area (TPSA) is 6.48 Å². The van der Waals surface area contributed by atoms with Crippen LogP contribution >= 0.6 is 0 Å². The van der Waals surface area contributed by atoms with Crippen LogP contribution in [0.1, 0.15) is 51.4 Å². The third-order valence-corrected chi connectivity index (χ3v) is 6.57. The van der Waals surface area contributed by atoms with E-state index in [4.69, 9.17) is 0 Å². The molecule has 0 radical (unpaired) electrons. The van der Waals surface area contributed by atoms with Gasteiger partial charge in [0.1, 0.15) is 0 Å². The highest BCUT2D eigenvalue weighted by Crippen LogP contribution is 2.58. The third-order valence-electron chi connectivity index (χ3n) is 6.57. The molecule has 1 saturated heterocycles. The van der Waals surface area contributed by atoms with E-state index in [9.17, 15) is 0 Å². The summed E-state index contributed by atoms with van der Waals surface area (Å²) >= 11 is 0. The van der Waals surface area contributed by atoms with Crippen LogP contribution in [0.4, 0.5) is 0 Å². The Morgan fingerprint density at radius 3 is 2.11 bits per heavy atom. The molecule has 4 bridgehead atoms. The molecule has 4 saturated carbocycles. The molecular formula is C17H30N2. The zero-order valence-electron chi connectivity index (χ0n) is 12.8. The van der Waals surface area contributed by atoms with E-state index in [2.05, 4.69) is 23.9 Å². The molecule has 0 spiro atoms. The van der Waals surface area contributed by atoms with Crippen molar-refractivity contribution >= 4 is 0 Å². The summed E-state index contributed by atoms with van der Waals surface area (Å²) in [5.41, 5.74) is 0.645.